The molecule has 0 aliphatic rings. The molecule has 0 bridgehead atoms. The minimum Gasteiger partial charge on any atom is -0.309 e. The van der Waals surface area contributed by atoms with Gasteiger partial charge in [-0.3, -0.25) is 4.79 Å². The Labute approximate surface area is 135 Å². The van der Waals surface area contributed by atoms with E-state index in [-0.39, 0.29) is 5.91 Å². The highest BCUT2D eigenvalue weighted by Gasteiger charge is 2.20. The van der Waals surface area contributed by atoms with Crippen molar-refractivity contribution in [2.75, 3.05) is 11.4 Å². The maximum Gasteiger partial charge on any atom is 0.259 e. The zero-order valence-electron chi connectivity index (χ0n) is 12.9. The SMILES string of the molecule is CCN(C(=O)c1ccccc1-c1ncccn1)c1ccccc1. The van der Waals surface area contributed by atoms with E-state index < -0.39 is 0 Å². The maximum absolute atomic E-state index is 13.0. The number of benzene rings is 2. The second kappa shape index (κ2) is 6.83. The zero-order valence-corrected chi connectivity index (χ0v) is 12.9. The summed E-state index contributed by atoms with van der Waals surface area (Å²) in [7, 11) is 0. The Morgan fingerprint density at radius 3 is 2.26 bits per heavy atom. The van der Waals surface area contributed by atoms with Crippen LogP contribution >= 0.6 is 0 Å². The van der Waals surface area contributed by atoms with Crippen LogP contribution in [0.25, 0.3) is 11.4 Å². The molecule has 114 valence electrons. The van der Waals surface area contributed by atoms with Gasteiger partial charge in [0.15, 0.2) is 5.82 Å². The van der Waals surface area contributed by atoms with Crippen LogP contribution in [0.1, 0.15) is 17.3 Å². The number of amides is 1. The predicted molar refractivity (Wildman–Crippen MR) is 91.3 cm³/mol. The Morgan fingerprint density at radius 2 is 1.57 bits per heavy atom. The van der Waals surface area contributed by atoms with Crippen molar-refractivity contribution in [3.63, 3.8) is 0 Å². The summed E-state index contributed by atoms with van der Waals surface area (Å²) in [4.78, 5) is 23.3. The van der Waals surface area contributed by atoms with Gasteiger partial charge in [-0.05, 0) is 31.2 Å². The van der Waals surface area contributed by atoms with E-state index in [1.54, 1.807) is 23.4 Å². The topological polar surface area (TPSA) is 46.1 Å². The molecule has 0 saturated heterocycles. The molecule has 4 nitrogen and oxygen atoms in total. The van der Waals surface area contributed by atoms with Crippen LogP contribution in [0.3, 0.4) is 0 Å². The first kappa shape index (κ1) is 14.9. The molecule has 0 spiro atoms. The minimum absolute atomic E-state index is 0.0539. The van der Waals surface area contributed by atoms with Gasteiger partial charge in [0, 0.05) is 30.2 Å². The van der Waals surface area contributed by atoms with E-state index in [1.165, 1.54) is 0 Å². The lowest BCUT2D eigenvalue weighted by Crippen LogP contribution is -2.31. The van der Waals surface area contributed by atoms with Gasteiger partial charge in [0.1, 0.15) is 0 Å². The molecular weight excluding hydrogens is 286 g/mol. The largest absolute Gasteiger partial charge is 0.309 e. The Hall–Kier alpha value is -3.01. The lowest BCUT2D eigenvalue weighted by atomic mass is 10.0. The molecule has 0 radical (unpaired) electrons. The van der Waals surface area contributed by atoms with Gasteiger partial charge in [-0.25, -0.2) is 9.97 Å². The van der Waals surface area contributed by atoms with Crippen molar-refractivity contribution in [1.29, 1.82) is 0 Å². The summed E-state index contributed by atoms with van der Waals surface area (Å²) in [5, 5.41) is 0. The average Bonchev–Trinajstić information content (AvgIpc) is 2.64. The van der Waals surface area contributed by atoms with Crippen molar-refractivity contribution in [1.82, 2.24) is 9.97 Å². The van der Waals surface area contributed by atoms with E-state index in [2.05, 4.69) is 9.97 Å². The van der Waals surface area contributed by atoms with Gasteiger partial charge in [0.05, 0.1) is 5.56 Å². The van der Waals surface area contributed by atoms with Gasteiger partial charge < -0.3 is 4.90 Å². The van der Waals surface area contributed by atoms with Gasteiger partial charge in [0.2, 0.25) is 0 Å². The van der Waals surface area contributed by atoms with Gasteiger partial charge in [0.25, 0.3) is 5.91 Å². The molecule has 0 saturated carbocycles. The Morgan fingerprint density at radius 1 is 0.913 bits per heavy atom. The van der Waals surface area contributed by atoms with Crippen molar-refractivity contribution < 1.29 is 4.79 Å². The van der Waals surface area contributed by atoms with Crippen LogP contribution in [-0.2, 0) is 0 Å². The molecule has 3 rings (SSSR count). The Bertz CT molecular complexity index is 788. The van der Waals surface area contributed by atoms with Crippen LogP contribution in [0.5, 0.6) is 0 Å². The van der Waals surface area contributed by atoms with E-state index in [4.69, 9.17) is 0 Å². The average molecular weight is 303 g/mol. The number of carbonyl (C=O) groups is 1. The molecule has 1 aromatic heterocycles. The molecule has 2 aromatic carbocycles. The summed E-state index contributed by atoms with van der Waals surface area (Å²) in [6.07, 6.45) is 3.36. The summed E-state index contributed by atoms with van der Waals surface area (Å²) in [6, 6.07) is 18.9. The smallest absolute Gasteiger partial charge is 0.259 e. The fourth-order valence-corrected chi connectivity index (χ4v) is 2.50. The molecule has 0 fully saturated rings. The molecule has 1 amide bonds. The molecule has 0 atom stereocenters. The normalized spacial score (nSPS) is 10.3. The van der Waals surface area contributed by atoms with Gasteiger partial charge >= 0.3 is 0 Å². The van der Waals surface area contributed by atoms with Crippen molar-refractivity contribution in [2.24, 2.45) is 0 Å². The Kier molecular flexibility index (Phi) is 4.43. The third-order valence-electron chi connectivity index (χ3n) is 3.59. The molecule has 0 aliphatic heterocycles. The fraction of sp³-hybridized carbons (Fsp3) is 0.105. The number of anilines is 1. The first-order valence-corrected chi connectivity index (χ1v) is 7.54. The number of hydrogen-bond acceptors (Lipinski definition) is 3. The first-order valence-electron chi connectivity index (χ1n) is 7.54. The van der Waals surface area contributed by atoms with Crippen LogP contribution in [0.15, 0.2) is 73.1 Å². The van der Waals surface area contributed by atoms with Crippen molar-refractivity contribution in [3.05, 3.63) is 78.6 Å². The second-order valence-corrected chi connectivity index (χ2v) is 5.00. The standard InChI is InChI=1S/C19H17N3O/c1-2-22(15-9-4-3-5-10-15)19(23)17-12-7-6-11-16(17)18-20-13-8-14-21-18/h3-14H,2H2,1H3. The molecule has 3 aromatic rings. The Balaban J connectivity index is 2.03. The quantitative estimate of drug-likeness (QED) is 0.736. The summed E-state index contributed by atoms with van der Waals surface area (Å²) in [6.45, 7) is 2.55. The summed E-state index contributed by atoms with van der Waals surface area (Å²) in [5.41, 5.74) is 2.22. The molecule has 0 unspecified atom stereocenters. The van der Waals surface area contributed by atoms with Crippen molar-refractivity contribution in [2.45, 2.75) is 6.92 Å². The predicted octanol–water partition coefficient (Wildman–Crippen LogP) is 3.81. The second-order valence-electron chi connectivity index (χ2n) is 5.00. The molecule has 0 aliphatic carbocycles. The van der Waals surface area contributed by atoms with Crippen LogP contribution in [0.2, 0.25) is 0 Å². The van der Waals surface area contributed by atoms with Gasteiger partial charge in [-0.1, -0.05) is 36.4 Å². The summed E-state index contributed by atoms with van der Waals surface area (Å²) in [5.74, 6) is 0.502. The van der Waals surface area contributed by atoms with Crippen LogP contribution in [0, 0.1) is 0 Å². The highest BCUT2D eigenvalue weighted by atomic mass is 16.2. The minimum atomic E-state index is -0.0539. The van der Waals surface area contributed by atoms with E-state index in [0.717, 1.165) is 11.3 Å². The van der Waals surface area contributed by atoms with E-state index in [1.807, 2.05) is 61.5 Å². The third-order valence-corrected chi connectivity index (χ3v) is 3.59. The third kappa shape index (κ3) is 3.11. The fourth-order valence-electron chi connectivity index (χ4n) is 2.50. The zero-order chi connectivity index (χ0) is 16.1. The number of carbonyl (C=O) groups excluding carboxylic acids is 1. The highest BCUT2D eigenvalue weighted by molar-refractivity contribution is 6.09. The number of rotatable bonds is 4. The highest BCUT2D eigenvalue weighted by Crippen LogP contribution is 2.23. The first-order chi connectivity index (χ1) is 11.3. The molecule has 1 heterocycles. The molecule has 0 N–H and O–H groups in total. The summed E-state index contributed by atoms with van der Waals surface area (Å²) < 4.78 is 0. The van der Waals surface area contributed by atoms with Crippen LogP contribution in [0.4, 0.5) is 5.69 Å². The monoisotopic (exact) mass is 303 g/mol. The maximum atomic E-state index is 13.0. The van der Waals surface area contributed by atoms with Gasteiger partial charge in [-0.2, -0.15) is 0 Å². The van der Waals surface area contributed by atoms with Crippen molar-refractivity contribution in [3.8, 4) is 11.4 Å². The number of nitrogens with zero attached hydrogens (tertiary/aromatic N) is 3. The number of para-hydroxylation sites is 1. The van der Waals surface area contributed by atoms with Gasteiger partial charge in [-0.15, -0.1) is 0 Å². The lowest BCUT2D eigenvalue weighted by Gasteiger charge is -2.22. The molecular formula is C19H17N3O. The lowest BCUT2D eigenvalue weighted by molar-refractivity contribution is 0.0989. The van der Waals surface area contributed by atoms with E-state index >= 15 is 0 Å². The molecule has 4 heteroatoms. The number of hydrogen-bond donors (Lipinski definition) is 0. The number of aromatic nitrogens is 2. The van der Waals surface area contributed by atoms with Crippen molar-refractivity contribution >= 4 is 11.6 Å². The summed E-state index contributed by atoms with van der Waals surface area (Å²) >= 11 is 0. The van der Waals surface area contributed by atoms with E-state index in [0.29, 0.717) is 17.9 Å². The van der Waals surface area contributed by atoms with E-state index in [9.17, 15) is 4.79 Å². The van der Waals surface area contributed by atoms with Crippen LogP contribution < -0.4 is 4.90 Å². The van der Waals surface area contributed by atoms with Crippen LogP contribution in [-0.4, -0.2) is 22.4 Å². The molecule has 23 heavy (non-hydrogen) atoms.